The average molecular weight is 282 g/mol. The van der Waals surface area contributed by atoms with Crippen LogP contribution in [0.25, 0.3) is 11.3 Å². The maximum absolute atomic E-state index is 11.8. The predicted octanol–water partition coefficient (Wildman–Crippen LogP) is 2.03. The molecule has 0 unspecified atom stereocenters. The van der Waals surface area contributed by atoms with E-state index in [1.54, 1.807) is 18.5 Å². The molecule has 0 amide bonds. The van der Waals surface area contributed by atoms with Crippen LogP contribution in [0.2, 0.25) is 0 Å². The molecule has 6 heteroatoms. The van der Waals surface area contributed by atoms with E-state index in [1.165, 1.54) is 0 Å². The Morgan fingerprint density at radius 2 is 2.10 bits per heavy atom. The molecule has 0 aromatic carbocycles. The molecule has 0 radical (unpaired) electrons. The third kappa shape index (κ3) is 2.60. The lowest BCUT2D eigenvalue weighted by atomic mass is 10.0. The van der Waals surface area contributed by atoms with E-state index >= 15 is 0 Å². The number of aromatic nitrogens is 4. The quantitative estimate of drug-likeness (QED) is 0.794. The van der Waals surface area contributed by atoms with Crippen LogP contribution in [0.1, 0.15) is 22.6 Å². The van der Waals surface area contributed by atoms with Gasteiger partial charge in [0.15, 0.2) is 0 Å². The average Bonchev–Trinajstić information content (AvgIpc) is 2.84. The maximum Gasteiger partial charge on any atom is 0.267 e. The van der Waals surface area contributed by atoms with Crippen molar-refractivity contribution >= 4 is 0 Å². The van der Waals surface area contributed by atoms with Crippen LogP contribution in [0.15, 0.2) is 39.9 Å². The molecular weight excluding hydrogens is 268 g/mol. The van der Waals surface area contributed by atoms with E-state index < -0.39 is 0 Å². The second-order valence-electron chi connectivity index (χ2n) is 4.84. The van der Waals surface area contributed by atoms with Gasteiger partial charge in [0, 0.05) is 41.2 Å². The summed E-state index contributed by atoms with van der Waals surface area (Å²) in [5.74, 6) is 0.696. The highest BCUT2D eigenvalue weighted by molar-refractivity contribution is 5.63. The fraction of sp³-hybridized carbons (Fsp3) is 0.200. The SMILES string of the molecule is Cc1ccc(-c2noc(C)c2Cc2ccn[nH]c2=O)cn1. The summed E-state index contributed by atoms with van der Waals surface area (Å²) < 4.78 is 5.29. The minimum atomic E-state index is -0.203. The van der Waals surface area contributed by atoms with Crippen LogP contribution in [0.5, 0.6) is 0 Å². The summed E-state index contributed by atoms with van der Waals surface area (Å²) in [6, 6.07) is 5.56. The van der Waals surface area contributed by atoms with E-state index in [-0.39, 0.29) is 5.56 Å². The standard InChI is InChI=1S/C15H14N4O2/c1-9-3-4-12(8-16-9)14-13(10(2)21-19-14)7-11-5-6-17-18-15(11)20/h3-6,8H,7H2,1-2H3,(H,18,20). The second-order valence-corrected chi connectivity index (χ2v) is 4.84. The first-order valence-electron chi connectivity index (χ1n) is 6.56. The van der Waals surface area contributed by atoms with Crippen molar-refractivity contribution in [3.63, 3.8) is 0 Å². The molecule has 0 spiro atoms. The minimum absolute atomic E-state index is 0.203. The molecule has 1 N–H and O–H groups in total. The Morgan fingerprint density at radius 1 is 1.24 bits per heavy atom. The van der Waals surface area contributed by atoms with Gasteiger partial charge in [-0.3, -0.25) is 9.78 Å². The topological polar surface area (TPSA) is 84.7 Å². The Bertz CT molecular complexity index is 818. The predicted molar refractivity (Wildman–Crippen MR) is 76.9 cm³/mol. The van der Waals surface area contributed by atoms with Crippen LogP contribution in [0.3, 0.4) is 0 Å². The molecular formula is C15H14N4O2. The summed E-state index contributed by atoms with van der Waals surface area (Å²) in [5, 5.41) is 10.2. The lowest BCUT2D eigenvalue weighted by Gasteiger charge is -2.02. The van der Waals surface area contributed by atoms with Gasteiger partial charge >= 0.3 is 0 Å². The van der Waals surface area contributed by atoms with Crippen LogP contribution in [-0.4, -0.2) is 20.3 Å². The first-order chi connectivity index (χ1) is 10.1. The summed E-state index contributed by atoms with van der Waals surface area (Å²) >= 11 is 0. The first-order valence-corrected chi connectivity index (χ1v) is 6.56. The van der Waals surface area contributed by atoms with Gasteiger partial charge in [0.1, 0.15) is 11.5 Å². The van der Waals surface area contributed by atoms with Crippen molar-refractivity contribution in [1.29, 1.82) is 0 Å². The van der Waals surface area contributed by atoms with Crippen molar-refractivity contribution in [2.24, 2.45) is 0 Å². The van der Waals surface area contributed by atoms with Gasteiger partial charge in [-0.05, 0) is 32.0 Å². The van der Waals surface area contributed by atoms with E-state index in [2.05, 4.69) is 20.3 Å². The van der Waals surface area contributed by atoms with Gasteiger partial charge in [-0.25, -0.2) is 5.10 Å². The Labute approximate surface area is 120 Å². The first kappa shape index (κ1) is 13.2. The van der Waals surface area contributed by atoms with Crippen molar-refractivity contribution in [3.05, 3.63) is 63.5 Å². The highest BCUT2D eigenvalue weighted by Crippen LogP contribution is 2.26. The van der Waals surface area contributed by atoms with Crippen LogP contribution in [-0.2, 0) is 6.42 Å². The zero-order chi connectivity index (χ0) is 14.8. The number of hydrogen-bond acceptors (Lipinski definition) is 5. The largest absolute Gasteiger partial charge is 0.361 e. The molecule has 21 heavy (non-hydrogen) atoms. The van der Waals surface area contributed by atoms with Gasteiger partial charge in [-0.2, -0.15) is 5.10 Å². The number of rotatable bonds is 3. The Kier molecular flexibility index (Phi) is 3.35. The van der Waals surface area contributed by atoms with Gasteiger partial charge in [0.2, 0.25) is 0 Å². The normalized spacial score (nSPS) is 10.8. The molecule has 3 aromatic rings. The van der Waals surface area contributed by atoms with Gasteiger partial charge in [0.05, 0.1) is 0 Å². The van der Waals surface area contributed by atoms with E-state index in [9.17, 15) is 4.79 Å². The Balaban J connectivity index is 2.03. The molecule has 0 saturated heterocycles. The molecule has 0 aliphatic heterocycles. The highest BCUT2D eigenvalue weighted by atomic mass is 16.5. The summed E-state index contributed by atoms with van der Waals surface area (Å²) in [5.41, 5.74) is 3.83. The summed E-state index contributed by atoms with van der Waals surface area (Å²) in [6.07, 6.45) is 3.76. The smallest absolute Gasteiger partial charge is 0.267 e. The number of nitrogens with zero attached hydrogens (tertiary/aromatic N) is 3. The molecule has 106 valence electrons. The third-order valence-corrected chi connectivity index (χ3v) is 3.34. The number of nitrogens with one attached hydrogen (secondary N) is 1. The van der Waals surface area contributed by atoms with E-state index in [0.29, 0.717) is 17.7 Å². The van der Waals surface area contributed by atoms with Crippen LogP contribution in [0.4, 0.5) is 0 Å². The Hall–Kier alpha value is -2.76. The monoisotopic (exact) mass is 282 g/mol. The van der Waals surface area contributed by atoms with E-state index in [4.69, 9.17) is 4.52 Å². The van der Waals surface area contributed by atoms with Crippen molar-refractivity contribution in [2.75, 3.05) is 0 Å². The summed E-state index contributed by atoms with van der Waals surface area (Å²) in [4.78, 5) is 16.0. The minimum Gasteiger partial charge on any atom is -0.361 e. The van der Waals surface area contributed by atoms with Crippen molar-refractivity contribution in [2.45, 2.75) is 20.3 Å². The maximum atomic E-state index is 11.8. The molecule has 0 aliphatic rings. The molecule has 6 nitrogen and oxygen atoms in total. The number of H-pyrrole nitrogens is 1. The number of hydrogen-bond donors (Lipinski definition) is 1. The molecule has 3 heterocycles. The summed E-state index contributed by atoms with van der Waals surface area (Å²) in [7, 11) is 0. The molecule has 0 fully saturated rings. The van der Waals surface area contributed by atoms with Crippen molar-refractivity contribution in [1.82, 2.24) is 20.3 Å². The highest BCUT2D eigenvalue weighted by Gasteiger charge is 2.16. The third-order valence-electron chi connectivity index (χ3n) is 3.34. The number of aromatic amines is 1. The zero-order valence-electron chi connectivity index (χ0n) is 11.8. The molecule has 3 rings (SSSR count). The molecule has 3 aromatic heterocycles. The van der Waals surface area contributed by atoms with Crippen molar-refractivity contribution < 1.29 is 4.52 Å². The fourth-order valence-electron chi connectivity index (χ4n) is 2.13. The Morgan fingerprint density at radius 3 is 2.81 bits per heavy atom. The molecule has 0 aliphatic carbocycles. The van der Waals surface area contributed by atoms with Crippen molar-refractivity contribution in [3.8, 4) is 11.3 Å². The van der Waals surface area contributed by atoms with Gasteiger partial charge in [-0.15, -0.1) is 0 Å². The van der Waals surface area contributed by atoms with Gasteiger partial charge in [-0.1, -0.05) is 5.16 Å². The van der Waals surface area contributed by atoms with E-state index in [1.807, 2.05) is 26.0 Å². The summed E-state index contributed by atoms with van der Waals surface area (Å²) in [6.45, 7) is 3.76. The van der Waals surface area contributed by atoms with Crippen LogP contribution < -0.4 is 5.56 Å². The molecule has 0 bridgehead atoms. The fourth-order valence-corrected chi connectivity index (χ4v) is 2.13. The zero-order valence-corrected chi connectivity index (χ0v) is 11.8. The lowest BCUT2D eigenvalue weighted by molar-refractivity contribution is 0.398. The number of pyridine rings is 1. The van der Waals surface area contributed by atoms with Crippen LogP contribution in [0, 0.1) is 13.8 Å². The van der Waals surface area contributed by atoms with Gasteiger partial charge in [0.25, 0.3) is 5.56 Å². The van der Waals surface area contributed by atoms with Gasteiger partial charge < -0.3 is 4.52 Å². The van der Waals surface area contributed by atoms with Crippen LogP contribution >= 0.6 is 0 Å². The number of aryl methyl sites for hydroxylation is 2. The second kappa shape index (κ2) is 5.32. The molecule has 0 atom stereocenters. The van der Waals surface area contributed by atoms with E-state index in [0.717, 1.165) is 22.5 Å². The lowest BCUT2D eigenvalue weighted by Crippen LogP contribution is -2.13. The molecule has 0 saturated carbocycles.